The number of amides is 4. The minimum absolute atomic E-state index is 0.113. The van der Waals surface area contributed by atoms with Crippen molar-refractivity contribution < 1.29 is 33.4 Å². The minimum atomic E-state index is -1.38. The molecule has 0 radical (unpaired) electrons. The quantitative estimate of drug-likeness (QED) is 0.455. The van der Waals surface area contributed by atoms with E-state index in [-0.39, 0.29) is 34.7 Å². The molecule has 2 aromatic rings. The number of fused-ring (bicyclic) bond motifs is 4. The molecule has 4 aliphatic rings. The van der Waals surface area contributed by atoms with Gasteiger partial charge in [-0.05, 0) is 56.0 Å². The summed E-state index contributed by atoms with van der Waals surface area (Å²) in [7, 11) is 2.91. The fraction of sp³-hybridized carbons (Fsp3) is 0.379. The number of rotatable bonds is 3. The summed E-state index contributed by atoms with van der Waals surface area (Å²) in [6.07, 6.45) is 2.36. The first-order valence-corrected chi connectivity index (χ1v) is 13.1. The summed E-state index contributed by atoms with van der Waals surface area (Å²) in [5, 5.41) is 10.9. The van der Waals surface area contributed by atoms with Gasteiger partial charge in [0.2, 0.25) is 23.6 Å². The van der Waals surface area contributed by atoms with E-state index in [9.17, 15) is 28.7 Å². The normalized spacial score (nSPS) is 31.7. The van der Waals surface area contributed by atoms with Gasteiger partial charge in [-0.2, -0.15) is 0 Å². The second-order valence-electron chi connectivity index (χ2n) is 10.9. The maximum atomic E-state index is 14.3. The lowest BCUT2D eigenvalue weighted by molar-refractivity contribution is -0.138. The lowest BCUT2D eigenvalue weighted by Gasteiger charge is -2.49. The van der Waals surface area contributed by atoms with Crippen LogP contribution in [0, 0.1) is 34.9 Å². The summed E-state index contributed by atoms with van der Waals surface area (Å²) in [6, 6.07) is 8.43. The largest absolute Gasteiger partial charge is 0.508 e. The van der Waals surface area contributed by atoms with E-state index in [0.717, 1.165) is 21.4 Å². The second-order valence-corrected chi connectivity index (χ2v) is 11.3. The van der Waals surface area contributed by atoms with E-state index in [4.69, 9.17) is 16.3 Å². The van der Waals surface area contributed by atoms with Crippen LogP contribution in [0.15, 0.2) is 48.0 Å². The van der Waals surface area contributed by atoms with Crippen molar-refractivity contribution in [3.63, 3.8) is 0 Å². The van der Waals surface area contributed by atoms with E-state index in [1.807, 2.05) is 6.08 Å². The van der Waals surface area contributed by atoms with Gasteiger partial charge in [0.15, 0.2) is 0 Å². The molecule has 6 rings (SSSR count). The molecule has 202 valence electrons. The average Bonchev–Trinajstić information content (AvgIpc) is 3.25. The molecule has 2 heterocycles. The van der Waals surface area contributed by atoms with Gasteiger partial charge in [0, 0.05) is 18.5 Å². The van der Waals surface area contributed by atoms with Crippen molar-refractivity contribution >= 4 is 40.9 Å². The number of phenols is 1. The number of phenolic OH excluding ortho intramolecular Hbond substituents is 1. The number of ether oxygens (including phenoxy) is 1. The van der Waals surface area contributed by atoms with E-state index >= 15 is 0 Å². The Hall–Kier alpha value is -3.72. The van der Waals surface area contributed by atoms with Gasteiger partial charge in [-0.3, -0.25) is 24.1 Å². The van der Waals surface area contributed by atoms with Crippen LogP contribution in [0.2, 0.25) is 5.02 Å². The number of aromatic hydroxyl groups is 1. The molecule has 6 atom stereocenters. The summed E-state index contributed by atoms with van der Waals surface area (Å²) in [6.45, 7) is 1.69. The van der Waals surface area contributed by atoms with Crippen molar-refractivity contribution in [1.29, 1.82) is 0 Å². The van der Waals surface area contributed by atoms with Gasteiger partial charge in [-0.15, -0.1) is 0 Å². The summed E-state index contributed by atoms with van der Waals surface area (Å²) < 4.78 is 19.6. The second kappa shape index (κ2) is 8.64. The maximum Gasteiger partial charge on any atom is 0.241 e. The number of carbonyl (C=O) groups is 4. The van der Waals surface area contributed by atoms with Crippen LogP contribution in [0.5, 0.6) is 11.5 Å². The van der Waals surface area contributed by atoms with Crippen molar-refractivity contribution in [3.05, 3.63) is 64.5 Å². The van der Waals surface area contributed by atoms with Gasteiger partial charge >= 0.3 is 0 Å². The Kier molecular flexibility index (Phi) is 5.66. The van der Waals surface area contributed by atoms with E-state index in [1.54, 1.807) is 19.1 Å². The molecule has 6 unspecified atom stereocenters. The first-order valence-electron chi connectivity index (χ1n) is 12.7. The highest BCUT2D eigenvalue weighted by molar-refractivity contribution is 6.31. The predicted octanol–water partition coefficient (Wildman–Crippen LogP) is 4.05. The van der Waals surface area contributed by atoms with Crippen molar-refractivity contribution in [1.82, 2.24) is 4.90 Å². The van der Waals surface area contributed by atoms with Crippen LogP contribution in [-0.4, -0.2) is 47.8 Å². The lowest BCUT2D eigenvalue weighted by atomic mass is 9.51. The molecule has 3 fully saturated rings. The van der Waals surface area contributed by atoms with Crippen LogP contribution < -0.4 is 9.64 Å². The summed E-state index contributed by atoms with van der Waals surface area (Å²) in [5.41, 5.74) is -0.174. The fourth-order valence-corrected chi connectivity index (χ4v) is 7.53. The first kappa shape index (κ1) is 25.6. The highest BCUT2D eigenvalue weighted by atomic mass is 35.5. The fourth-order valence-electron chi connectivity index (χ4n) is 7.35. The number of nitrogens with zero attached hydrogens (tertiary/aromatic N) is 2. The molecular weight excluding hydrogens is 527 g/mol. The zero-order chi connectivity index (χ0) is 28.0. The first-order chi connectivity index (χ1) is 18.5. The number of benzene rings is 2. The van der Waals surface area contributed by atoms with Crippen molar-refractivity contribution in [2.75, 3.05) is 19.1 Å². The van der Waals surface area contributed by atoms with Gasteiger partial charge in [0.25, 0.3) is 0 Å². The molecule has 2 aliphatic heterocycles. The van der Waals surface area contributed by atoms with Crippen LogP contribution in [0.25, 0.3) is 0 Å². The van der Waals surface area contributed by atoms with Gasteiger partial charge < -0.3 is 9.84 Å². The molecule has 4 amide bonds. The minimum Gasteiger partial charge on any atom is -0.508 e. The van der Waals surface area contributed by atoms with Gasteiger partial charge in [-0.25, -0.2) is 9.29 Å². The maximum absolute atomic E-state index is 14.3. The number of imide groups is 2. The summed E-state index contributed by atoms with van der Waals surface area (Å²) in [4.78, 5) is 56.7. The molecule has 2 aliphatic carbocycles. The Balaban J connectivity index is 1.58. The van der Waals surface area contributed by atoms with Crippen LogP contribution in [0.1, 0.15) is 31.2 Å². The zero-order valence-electron chi connectivity index (χ0n) is 21.5. The molecule has 10 heteroatoms. The number of allylic oxidation sites excluding steroid dienone is 2. The van der Waals surface area contributed by atoms with Crippen LogP contribution >= 0.6 is 11.6 Å². The Bertz CT molecular complexity index is 1510. The molecule has 39 heavy (non-hydrogen) atoms. The number of methoxy groups -OCH3 is 1. The average molecular weight is 553 g/mol. The number of anilines is 1. The monoisotopic (exact) mass is 552 g/mol. The molecule has 1 N–H and O–H groups in total. The van der Waals surface area contributed by atoms with E-state index in [2.05, 4.69) is 0 Å². The van der Waals surface area contributed by atoms with Crippen molar-refractivity contribution in [3.8, 4) is 11.5 Å². The third kappa shape index (κ3) is 3.28. The summed E-state index contributed by atoms with van der Waals surface area (Å²) in [5.74, 6) is -5.53. The Morgan fingerprint density at radius 2 is 1.82 bits per heavy atom. The molecule has 0 aromatic heterocycles. The SMILES string of the molecule is COc1cccc(O)c1C1C2=CCC3C(=O)N(C)C(=O)C3C2CC2C(=O)N(c3ccc(F)c(Cl)c3)C(=O)C21C. The highest BCUT2D eigenvalue weighted by Crippen LogP contribution is 2.65. The summed E-state index contributed by atoms with van der Waals surface area (Å²) >= 11 is 6.01. The van der Waals surface area contributed by atoms with Gasteiger partial charge in [-0.1, -0.05) is 29.3 Å². The van der Waals surface area contributed by atoms with Crippen molar-refractivity contribution in [2.24, 2.45) is 29.1 Å². The van der Waals surface area contributed by atoms with Crippen LogP contribution in [-0.2, 0) is 19.2 Å². The molecular formula is C29H26ClFN2O6. The molecule has 0 bridgehead atoms. The molecule has 2 aromatic carbocycles. The van der Waals surface area contributed by atoms with Crippen molar-refractivity contribution in [2.45, 2.75) is 25.7 Å². The zero-order valence-corrected chi connectivity index (χ0v) is 22.2. The number of carbonyl (C=O) groups excluding carboxylic acids is 4. The molecule has 0 spiro atoms. The third-order valence-electron chi connectivity index (χ3n) is 9.21. The topological polar surface area (TPSA) is 104 Å². The van der Waals surface area contributed by atoms with E-state index in [1.165, 1.54) is 32.4 Å². The van der Waals surface area contributed by atoms with Crippen LogP contribution in [0.3, 0.4) is 0 Å². The Labute approximate surface area is 229 Å². The van der Waals surface area contributed by atoms with Gasteiger partial charge in [0.05, 0.1) is 41.0 Å². The lowest BCUT2D eigenvalue weighted by Crippen LogP contribution is -2.49. The van der Waals surface area contributed by atoms with Gasteiger partial charge in [0.1, 0.15) is 17.3 Å². The number of halogens is 2. The Morgan fingerprint density at radius 3 is 2.51 bits per heavy atom. The number of hydrogen-bond acceptors (Lipinski definition) is 6. The van der Waals surface area contributed by atoms with E-state index in [0.29, 0.717) is 17.7 Å². The highest BCUT2D eigenvalue weighted by Gasteiger charge is 2.68. The number of hydrogen-bond donors (Lipinski definition) is 1. The third-order valence-corrected chi connectivity index (χ3v) is 9.50. The Morgan fingerprint density at radius 1 is 1.08 bits per heavy atom. The smallest absolute Gasteiger partial charge is 0.241 e. The molecule has 2 saturated heterocycles. The molecule has 1 saturated carbocycles. The number of likely N-dealkylation sites (tertiary alicyclic amines) is 1. The van der Waals surface area contributed by atoms with Crippen LogP contribution in [0.4, 0.5) is 10.1 Å². The standard InChI is InChI=1S/C29H26ClFN2O6/c1-29-17(26(36)33(28(29)38)13-7-10-19(31)18(30)11-13)12-16-14(8-9-15-22(16)27(37)32(2)25(15)35)24(29)23-20(34)5-4-6-21(23)39-3/h4-8,10-11,15-17,22,24,34H,9,12H2,1-3H3. The molecule has 8 nitrogen and oxygen atoms in total. The predicted molar refractivity (Wildman–Crippen MR) is 138 cm³/mol. The van der Waals surface area contributed by atoms with E-state index < -0.39 is 52.6 Å².